The summed E-state index contributed by atoms with van der Waals surface area (Å²) in [6.07, 6.45) is 7.76. The van der Waals surface area contributed by atoms with Gasteiger partial charge in [0.1, 0.15) is 0 Å². The minimum atomic E-state index is 0.0247. The quantitative estimate of drug-likeness (QED) is 0.861. The van der Waals surface area contributed by atoms with Crippen molar-refractivity contribution in [2.24, 2.45) is 0 Å². The van der Waals surface area contributed by atoms with Gasteiger partial charge in [0.25, 0.3) is 5.91 Å². The predicted octanol–water partition coefficient (Wildman–Crippen LogP) is 2.76. The Morgan fingerprint density at radius 2 is 2.00 bits per heavy atom. The van der Waals surface area contributed by atoms with Crippen molar-refractivity contribution >= 4 is 11.6 Å². The fraction of sp³-hybridized carbons (Fsp3) is 0.412. The third-order valence-corrected chi connectivity index (χ3v) is 4.29. The molecule has 1 amide bonds. The van der Waals surface area contributed by atoms with Crippen LogP contribution in [-0.2, 0) is 11.3 Å². The van der Waals surface area contributed by atoms with Crippen LogP contribution >= 0.6 is 0 Å². The minimum absolute atomic E-state index is 0.0247. The largest absolute Gasteiger partial charge is 0.320 e. The monoisotopic (exact) mass is 284 g/mol. The number of hydrogen-bond donors (Lipinski definition) is 1. The van der Waals surface area contributed by atoms with Gasteiger partial charge >= 0.3 is 0 Å². The van der Waals surface area contributed by atoms with Gasteiger partial charge in [0.2, 0.25) is 6.54 Å². The summed E-state index contributed by atoms with van der Waals surface area (Å²) in [7, 11) is 0. The van der Waals surface area contributed by atoms with Crippen molar-refractivity contribution < 1.29 is 9.48 Å². The van der Waals surface area contributed by atoms with Gasteiger partial charge in [-0.3, -0.25) is 4.79 Å². The van der Waals surface area contributed by atoms with Crippen LogP contribution in [0.25, 0.3) is 0 Å². The van der Waals surface area contributed by atoms with Crippen LogP contribution < -0.4 is 10.00 Å². The fourth-order valence-electron chi connectivity index (χ4n) is 2.84. The molecule has 1 saturated carbocycles. The van der Waals surface area contributed by atoms with Gasteiger partial charge in [0.15, 0.2) is 6.20 Å². The molecule has 0 spiro atoms. The van der Waals surface area contributed by atoms with Crippen molar-refractivity contribution in [3.05, 3.63) is 47.8 Å². The molecule has 2 aromatic rings. The van der Waals surface area contributed by atoms with Crippen molar-refractivity contribution in [1.82, 2.24) is 4.68 Å². The number of carbonyl (C=O) groups is 1. The van der Waals surface area contributed by atoms with Crippen LogP contribution in [0.4, 0.5) is 5.69 Å². The summed E-state index contributed by atoms with van der Waals surface area (Å²) in [4.78, 5) is 12.3. The first kappa shape index (κ1) is 13.9. The zero-order valence-electron chi connectivity index (χ0n) is 12.7. The van der Waals surface area contributed by atoms with Crippen LogP contribution in [0.1, 0.15) is 36.4 Å². The lowest BCUT2D eigenvalue weighted by Gasteiger charge is -2.24. The summed E-state index contributed by atoms with van der Waals surface area (Å²) in [5.41, 5.74) is 3.13. The second-order valence-electron chi connectivity index (χ2n) is 5.87. The average Bonchev–Trinajstić information content (AvgIpc) is 2.80. The molecule has 21 heavy (non-hydrogen) atoms. The van der Waals surface area contributed by atoms with E-state index in [-0.39, 0.29) is 5.91 Å². The van der Waals surface area contributed by atoms with E-state index in [4.69, 9.17) is 0 Å². The van der Waals surface area contributed by atoms with Crippen LogP contribution in [0.5, 0.6) is 0 Å². The maximum Gasteiger partial charge on any atom is 0.292 e. The Morgan fingerprint density at radius 3 is 2.62 bits per heavy atom. The van der Waals surface area contributed by atoms with Crippen LogP contribution in [0.2, 0.25) is 0 Å². The second kappa shape index (κ2) is 5.72. The zero-order chi connectivity index (χ0) is 14.8. The van der Waals surface area contributed by atoms with E-state index < -0.39 is 0 Å². The number of rotatable bonds is 4. The summed E-state index contributed by atoms with van der Waals surface area (Å²) in [6, 6.07) is 8.62. The molecule has 4 nitrogen and oxygen atoms in total. The van der Waals surface area contributed by atoms with Crippen molar-refractivity contribution in [2.75, 3.05) is 5.32 Å². The van der Waals surface area contributed by atoms with E-state index in [0.29, 0.717) is 12.6 Å². The number of carbonyl (C=O) groups excluding carboxylic acids is 1. The Bertz CT molecular complexity index is 636. The molecule has 0 saturated heterocycles. The second-order valence-corrected chi connectivity index (χ2v) is 5.87. The van der Waals surface area contributed by atoms with E-state index in [9.17, 15) is 4.79 Å². The van der Waals surface area contributed by atoms with Crippen LogP contribution in [-0.4, -0.2) is 10.6 Å². The minimum Gasteiger partial charge on any atom is -0.320 e. The molecule has 1 N–H and O–H groups in total. The number of aryl methyl sites for hydroxylation is 2. The van der Waals surface area contributed by atoms with E-state index in [2.05, 4.69) is 16.2 Å². The summed E-state index contributed by atoms with van der Waals surface area (Å²) in [5, 5.41) is 3.05. The SMILES string of the molecule is Cc1cccc(C)c1NC(=O)C[n+]1cccn1C1CCC1. The standard InChI is InChI=1S/C17H21N3O/c1-13-6-3-7-14(2)17(13)18-16(21)12-19-10-5-11-20(19)15-8-4-9-15/h3,5-7,10-11,15H,4,8-9,12H2,1-2H3/p+1. The zero-order valence-corrected chi connectivity index (χ0v) is 12.7. The lowest BCUT2D eigenvalue weighted by Crippen LogP contribution is -2.49. The Morgan fingerprint density at radius 1 is 1.29 bits per heavy atom. The molecular weight excluding hydrogens is 262 g/mol. The molecule has 1 aromatic heterocycles. The van der Waals surface area contributed by atoms with Crippen molar-refractivity contribution in [2.45, 2.75) is 45.7 Å². The number of hydrogen-bond acceptors (Lipinski definition) is 1. The van der Waals surface area contributed by atoms with Gasteiger partial charge in [-0.05, 0) is 44.2 Å². The Labute approximate surface area is 125 Å². The molecule has 1 heterocycles. The Hall–Kier alpha value is -2.10. The van der Waals surface area contributed by atoms with Crippen LogP contribution in [0.3, 0.4) is 0 Å². The van der Waals surface area contributed by atoms with Crippen LogP contribution in [0.15, 0.2) is 36.7 Å². The average molecular weight is 284 g/mol. The third kappa shape index (κ3) is 2.84. The molecule has 1 aromatic carbocycles. The van der Waals surface area contributed by atoms with Crippen LogP contribution in [0, 0.1) is 13.8 Å². The number of para-hydroxylation sites is 1. The molecule has 0 unspecified atom stereocenters. The highest BCUT2D eigenvalue weighted by molar-refractivity contribution is 5.91. The summed E-state index contributed by atoms with van der Waals surface area (Å²) in [6.45, 7) is 4.40. The fourth-order valence-corrected chi connectivity index (χ4v) is 2.84. The predicted molar refractivity (Wildman–Crippen MR) is 82.1 cm³/mol. The third-order valence-electron chi connectivity index (χ3n) is 4.29. The first-order valence-corrected chi connectivity index (χ1v) is 7.58. The summed E-state index contributed by atoms with van der Waals surface area (Å²) < 4.78 is 4.19. The van der Waals surface area contributed by atoms with Crippen molar-refractivity contribution in [3.63, 3.8) is 0 Å². The number of anilines is 1. The van der Waals surface area contributed by atoms with Crippen molar-refractivity contribution in [3.8, 4) is 0 Å². The number of nitrogens with one attached hydrogen (secondary N) is 1. The molecule has 1 fully saturated rings. The van der Waals surface area contributed by atoms with Crippen molar-refractivity contribution in [1.29, 1.82) is 0 Å². The molecule has 110 valence electrons. The normalized spacial score (nSPS) is 14.8. The molecule has 3 rings (SSSR count). The van der Waals surface area contributed by atoms with E-state index >= 15 is 0 Å². The molecule has 4 heteroatoms. The Balaban J connectivity index is 1.71. The molecule has 0 atom stereocenters. The van der Waals surface area contributed by atoms with Gasteiger partial charge in [-0.15, -0.1) is 4.68 Å². The Kier molecular flexibility index (Phi) is 3.78. The number of amides is 1. The molecular formula is C17H22N3O+. The molecule has 0 bridgehead atoms. The van der Waals surface area contributed by atoms with Gasteiger partial charge in [-0.1, -0.05) is 18.2 Å². The lowest BCUT2D eigenvalue weighted by molar-refractivity contribution is -0.767. The van der Waals surface area contributed by atoms with E-state index in [1.54, 1.807) is 0 Å². The smallest absolute Gasteiger partial charge is 0.292 e. The molecule has 1 aliphatic rings. The van der Waals surface area contributed by atoms with Gasteiger partial charge in [0, 0.05) is 11.8 Å². The maximum absolute atomic E-state index is 12.3. The molecule has 0 radical (unpaired) electrons. The van der Waals surface area contributed by atoms with E-state index in [1.807, 2.05) is 49.0 Å². The first-order valence-electron chi connectivity index (χ1n) is 7.58. The van der Waals surface area contributed by atoms with Gasteiger partial charge in [-0.2, -0.15) is 4.68 Å². The van der Waals surface area contributed by atoms with Gasteiger partial charge in [-0.25, -0.2) is 0 Å². The first-order chi connectivity index (χ1) is 10.1. The summed E-state index contributed by atoms with van der Waals surface area (Å²) >= 11 is 0. The summed E-state index contributed by atoms with van der Waals surface area (Å²) in [5.74, 6) is 0.0247. The number of benzene rings is 1. The van der Waals surface area contributed by atoms with Gasteiger partial charge in [0.05, 0.1) is 12.2 Å². The number of aromatic nitrogens is 2. The van der Waals surface area contributed by atoms with Gasteiger partial charge < -0.3 is 5.32 Å². The highest BCUT2D eigenvalue weighted by atomic mass is 16.2. The highest BCUT2D eigenvalue weighted by Gasteiger charge is 2.26. The number of nitrogens with zero attached hydrogens (tertiary/aromatic N) is 2. The molecule has 1 aliphatic carbocycles. The van der Waals surface area contributed by atoms with E-state index in [0.717, 1.165) is 16.8 Å². The van der Waals surface area contributed by atoms with E-state index in [1.165, 1.54) is 19.3 Å². The highest BCUT2D eigenvalue weighted by Crippen LogP contribution is 2.29. The topological polar surface area (TPSA) is 37.9 Å². The molecule has 0 aliphatic heterocycles. The lowest BCUT2D eigenvalue weighted by atomic mass is 9.93. The maximum atomic E-state index is 12.3.